The molecule has 14 heavy (non-hydrogen) atoms. The molecule has 0 aliphatic rings. The molecule has 0 aromatic carbocycles. The molecule has 1 aromatic rings. The van der Waals surface area contributed by atoms with Gasteiger partial charge in [-0.2, -0.15) is 5.10 Å². The van der Waals surface area contributed by atoms with Gasteiger partial charge in [0.25, 0.3) is 5.91 Å². The highest BCUT2D eigenvalue weighted by molar-refractivity contribution is 5.99. The number of carbonyl (C=O) groups excluding carboxylic acids is 2. The Morgan fingerprint density at radius 1 is 1.71 bits per heavy atom. The van der Waals surface area contributed by atoms with E-state index in [2.05, 4.69) is 5.10 Å². The van der Waals surface area contributed by atoms with Gasteiger partial charge in [-0.15, -0.1) is 0 Å². The van der Waals surface area contributed by atoms with Gasteiger partial charge in [-0.05, 0) is 0 Å². The van der Waals surface area contributed by atoms with Gasteiger partial charge in [-0.1, -0.05) is 0 Å². The van der Waals surface area contributed by atoms with Crippen LogP contribution in [0.1, 0.15) is 20.8 Å². The molecule has 0 spiro atoms. The lowest BCUT2D eigenvalue weighted by Crippen LogP contribution is -2.25. The normalized spacial score (nSPS) is 9.93. The van der Waals surface area contributed by atoms with E-state index in [1.54, 1.807) is 7.05 Å². The largest absolute Gasteiger partial charge is 0.296 e. The van der Waals surface area contributed by atoms with E-state index in [0.29, 0.717) is 6.29 Å². The zero-order valence-corrected chi connectivity index (χ0v) is 8.22. The van der Waals surface area contributed by atoms with Crippen molar-refractivity contribution in [2.45, 2.75) is 0 Å². The molecule has 0 unspecified atom stereocenters. The molecule has 1 rings (SSSR count). The fraction of sp³-hybridized carbons (Fsp3) is 0.375. The highest BCUT2D eigenvalue weighted by Gasteiger charge is 2.18. The second-order valence-corrected chi connectivity index (χ2v) is 2.70. The Bertz CT molecular complexity index is 359. The van der Waals surface area contributed by atoms with Crippen LogP contribution in [0.2, 0.25) is 0 Å². The summed E-state index contributed by atoms with van der Waals surface area (Å²) in [4.78, 5) is 26.8. The van der Waals surface area contributed by atoms with E-state index in [-0.39, 0.29) is 11.3 Å². The fourth-order valence-electron chi connectivity index (χ4n) is 1.01. The number of hydroxylamine groups is 2. The number of nitrogens with zero attached hydrogens (tertiary/aromatic N) is 3. The molecule has 0 N–H and O–H groups in total. The van der Waals surface area contributed by atoms with Gasteiger partial charge >= 0.3 is 0 Å². The number of hydrogen-bond acceptors (Lipinski definition) is 4. The minimum atomic E-state index is -0.400. The average Bonchev–Trinajstić information content (AvgIpc) is 2.57. The number of carbonyl (C=O) groups is 2. The summed E-state index contributed by atoms with van der Waals surface area (Å²) in [5.74, 6) is -0.400. The Hall–Kier alpha value is -1.69. The minimum absolute atomic E-state index is 0.112. The third kappa shape index (κ3) is 1.80. The summed E-state index contributed by atoms with van der Waals surface area (Å²) in [6, 6.07) is 0. The SMILES string of the molecule is CON(C)C(=O)c1cn(C)nc1C=O. The Morgan fingerprint density at radius 2 is 2.36 bits per heavy atom. The van der Waals surface area contributed by atoms with Crippen LogP contribution in [0.15, 0.2) is 6.20 Å². The number of aryl methyl sites for hydroxylation is 1. The van der Waals surface area contributed by atoms with Crippen LogP contribution in [0.4, 0.5) is 0 Å². The second kappa shape index (κ2) is 4.01. The van der Waals surface area contributed by atoms with Gasteiger partial charge in [0.15, 0.2) is 6.29 Å². The van der Waals surface area contributed by atoms with Crippen LogP contribution in [-0.2, 0) is 11.9 Å². The first kappa shape index (κ1) is 10.4. The van der Waals surface area contributed by atoms with Gasteiger partial charge < -0.3 is 0 Å². The molecular formula is C8H11N3O3. The summed E-state index contributed by atoms with van der Waals surface area (Å²) in [6.07, 6.45) is 2.01. The van der Waals surface area contributed by atoms with Crippen LogP contribution in [0, 0.1) is 0 Å². The van der Waals surface area contributed by atoms with Crippen molar-refractivity contribution >= 4 is 12.2 Å². The van der Waals surface area contributed by atoms with Crippen molar-refractivity contribution in [1.29, 1.82) is 0 Å². The summed E-state index contributed by atoms with van der Waals surface area (Å²) in [6.45, 7) is 0. The van der Waals surface area contributed by atoms with E-state index in [4.69, 9.17) is 4.84 Å². The summed E-state index contributed by atoms with van der Waals surface area (Å²) in [7, 11) is 4.47. The smallest absolute Gasteiger partial charge is 0.281 e. The molecule has 0 saturated carbocycles. The van der Waals surface area contributed by atoms with E-state index in [1.165, 1.54) is 25.0 Å². The minimum Gasteiger partial charge on any atom is -0.296 e. The molecular weight excluding hydrogens is 186 g/mol. The molecule has 0 saturated heterocycles. The highest BCUT2D eigenvalue weighted by Crippen LogP contribution is 2.06. The predicted molar refractivity (Wildman–Crippen MR) is 47.7 cm³/mol. The number of aromatic nitrogens is 2. The van der Waals surface area contributed by atoms with Crippen LogP contribution in [0.5, 0.6) is 0 Å². The molecule has 0 aliphatic carbocycles. The van der Waals surface area contributed by atoms with Crippen molar-refractivity contribution < 1.29 is 14.4 Å². The van der Waals surface area contributed by atoms with E-state index >= 15 is 0 Å². The number of hydrogen-bond donors (Lipinski definition) is 0. The molecule has 0 radical (unpaired) electrons. The highest BCUT2D eigenvalue weighted by atomic mass is 16.7. The van der Waals surface area contributed by atoms with Crippen LogP contribution in [-0.4, -0.2) is 41.2 Å². The van der Waals surface area contributed by atoms with Gasteiger partial charge in [0.1, 0.15) is 5.69 Å². The van der Waals surface area contributed by atoms with Crippen molar-refractivity contribution in [2.24, 2.45) is 7.05 Å². The van der Waals surface area contributed by atoms with Crippen molar-refractivity contribution in [1.82, 2.24) is 14.8 Å². The molecule has 1 aromatic heterocycles. The number of rotatable bonds is 3. The summed E-state index contributed by atoms with van der Waals surface area (Å²) in [5.41, 5.74) is 0.341. The third-order valence-electron chi connectivity index (χ3n) is 1.76. The van der Waals surface area contributed by atoms with Gasteiger partial charge in [0, 0.05) is 20.3 Å². The van der Waals surface area contributed by atoms with Crippen LogP contribution < -0.4 is 0 Å². The molecule has 0 bridgehead atoms. The molecule has 1 amide bonds. The Morgan fingerprint density at radius 3 is 2.86 bits per heavy atom. The maximum atomic E-state index is 11.6. The topological polar surface area (TPSA) is 64.4 Å². The van der Waals surface area contributed by atoms with E-state index in [9.17, 15) is 9.59 Å². The van der Waals surface area contributed by atoms with Gasteiger partial charge in [-0.3, -0.25) is 19.1 Å². The lowest BCUT2D eigenvalue weighted by Gasteiger charge is -2.11. The van der Waals surface area contributed by atoms with Gasteiger partial charge in [-0.25, -0.2) is 5.06 Å². The molecule has 0 atom stereocenters. The van der Waals surface area contributed by atoms with E-state index < -0.39 is 5.91 Å². The third-order valence-corrected chi connectivity index (χ3v) is 1.76. The number of aldehydes is 1. The maximum Gasteiger partial charge on any atom is 0.281 e. The molecule has 6 nitrogen and oxygen atoms in total. The maximum absolute atomic E-state index is 11.6. The predicted octanol–water partition coefficient (Wildman–Crippen LogP) is -0.134. The van der Waals surface area contributed by atoms with Gasteiger partial charge in [0.2, 0.25) is 0 Å². The molecule has 1 heterocycles. The summed E-state index contributed by atoms with van der Waals surface area (Å²) >= 11 is 0. The fourth-order valence-corrected chi connectivity index (χ4v) is 1.01. The van der Waals surface area contributed by atoms with E-state index in [0.717, 1.165) is 5.06 Å². The zero-order chi connectivity index (χ0) is 10.7. The van der Waals surface area contributed by atoms with Crippen molar-refractivity contribution in [3.63, 3.8) is 0 Å². The lowest BCUT2D eigenvalue weighted by molar-refractivity contribution is -0.0757. The Labute approximate surface area is 81.0 Å². The zero-order valence-electron chi connectivity index (χ0n) is 8.22. The van der Waals surface area contributed by atoms with E-state index in [1.807, 2.05) is 0 Å². The Balaban J connectivity index is 3.05. The van der Waals surface area contributed by atoms with Crippen molar-refractivity contribution in [2.75, 3.05) is 14.2 Å². The first-order valence-electron chi connectivity index (χ1n) is 3.91. The summed E-state index contributed by atoms with van der Waals surface area (Å²) in [5, 5.41) is 4.84. The average molecular weight is 197 g/mol. The Kier molecular flexibility index (Phi) is 2.98. The number of amides is 1. The quantitative estimate of drug-likeness (QED) is 0.500. The van der Waals surface area contributed by atoms with Crippen LogP contribution in [0.25, 0.3) is 0 Å². The molecule has 76 valence electrons. The van der Waals surface area contributed by atoms with Crippen molar-refractivity contribution in [3.8, 4) is 0 Å². The van der Waals surface area contributed by atoms with Crippen LogP contribution >= 0.6 is 0 Å². The molecule has 6 heteroatoms. The van der Waals surface area contributed by atoms with Crippen molar-refractivity contribution in [3.05, 3.63) is 17.5 Å². The van der Waals surface area contributed by atoms with Gasteiger partial charge in [0.05, 0.1) is 12.7 Å². The second-order valence-electron chi connectivity index (χ2n) is 2.70. The lowest BCUT2D eigenvalue weighted by atomic mass is 10.2. The first-order valence-corrected chi connectivity index (χ1v) is 3.91. The standard InChI is InChI=1S/C8H11N3O3/c1-10-4-6(7(5-12)9-10)8(13)11(2)14-3/h4-5H,1-3H3. The monoisotopic (exact) mass is 197 g/mol. The molecule has 0 aliphatic heterocycles. The van der Waals surface area contributed by atoms with Crippen LogP contribution in [0.3, 0.4) is 0 Å². The molecule has 0 fully saturated rings. The first-order chi connectivity index (χ1) is 6.60. The summed E-state index contributed by atoms with van der Waals surface area (Å²) < 4.78 is 1.40.